The van der Waals surface area contributed by atoms with Crippen molar-refractivity contribution in [1.29, 1.82) is 0 Å². The number of methoxy groups -OCH3 is 1. The Labute approximate surface area is 124 Å². The van der Waals surface area contributed by atoms with Crippen molar-refractivity contribution < 1.29 is 4.74 Å². The Balaban J connectivity index is 2.24. The summed E-state index contributed by atoms with van der Waals surface area (Å²) in [7, 11) is 1.76. The van der Waals surface area contributed by atoms with Gasteiger partial charge < -0.3 is 15.4 Å². The summed E-state index contributed by atoms with van der Waals surface area (Å²) in [6.45, 7) is 7.18. The van der Waals surface area contributed by atoms with E-state index in [1.54, 1.807) is 7.11 Å². The molecule has 0 radical (unpaired) electrons. The Morgan fingerprint density at radius 3 is 2.55 bits per heavy atom. The van der Waals surface area contributed by atoms with Gasteiger partial charge in [0.15, 0.2) is 5.96 Å². The summed E-state index contributed by atoms with van der Waals surface area (Å²) < 4.78 is 5.06. The minimum Gasteiger partial charge on any atom is -0.385 e. The van der Waals surface area contributed by atoms with Crippen LogP contribution in [0.3, 0.4) is 0 Å². The number of hydrogen-bond acceptors (Lipinski definition) is 2. The second-order valence-electron chi connectivity index (χ2n) is 5.92. The van der Waals surface area contributed by atoms with Gasteiger partial charge in [0.2, 0.25) is 0 Å². The Morgan fingerprint density at radius 1 is 1.15 bits per heavy atom. The van der Waals surface area contributed by atoms with Gasteiger partial charge in [0.25, 0.3) is 0 Å². The van der Waals surface area contributed by atoms with E-state index in [9.17, 15) is 0 Å². The van der Waals surface area contributed by atoms with Gasteiger partial charge >= 0.3 is 0 Å². The zero-order chi connectivity index (χ0) is 14.6. The molecule has 0 aromatic rings. The van der Waals surface area contributed by atoms with Crippen molar-refractivity contribution in [3.05, 3.63) is 0 Å². The Bertz CT molecular complexity index is 260. The van der Waals surface area contributed by atoms with Crippen molar-refractivity contribution >= 4 is 5.96 Å². The summed E-state index contributed by atoms with van der Waals surface area (Å²) in [4.78, 5) is 4.68. The third-order valence-corrected chi connectivity index (χ3v) is 3.98. The molecule has 0 aromatic heterocycles. The van der Waals surface area contributed by atoms with Crippen molar-refractivity contribution in [3.8, 4) is 0 Å². The maximum absolute atomic E-state index is 5.06. The van der Waals surface area contributed by atoms with Crippen LogP contribution >= 0.6 is 0 Å². The molecule has 2 N–H and O–H groups in total. The lowest BCUT2D eigenvalue weighted by molar-refractivity contribution is 0.192. The SMILES string of the molecule is CCNC(=NCCCCCOC)NC1CCC(C)CC1. The fourth-order valence-corrected chi connectivity index (χ4v) is 2.64. The van der Waals surface area contributed by atoms with Crippen molar-refractivity contribution in [3.63, 3.8) is 0 Å². The van der Waals surface area contributed by atoms with Crippen LogP contribution in [0.2, 0.25) is 0 Å². The zero-order valence-corrected chi connectivity index (χ0v) is 13.6. The van der Waals surface area contributed by atoms with Crippen LogP contribution < -0.4 is 10.6 Å². The molecule has 1 aliphatic rings. The molecule has 1 rings (SSSR count). The second-order valence-corrected chi connectivity index (χ2v) is 5.92. The van der Waals surface area contributed by atoms with Gasteiger partial charge in [-0.1, -0.05) is 6.92 Å². The third-order valence-electron chi connectivity index (χ3n) is 3.98. The number of aliphatic imine (C=N–C) groups is 1. The highest BCUT2D eigenvalue weighted by molar-refractivity contribution is 5.80. The zero-order valence-electron chi connectivity index (χ0n) is 13.6. The summed E-state index contributed by atoms with van der Waals surface area (Å²) >= 11 is 0. The minimum absolute atomic E-state index is 0.609. The summed E-state index contributed by atoms with van der Waals surface area (Å²) in [6, 6.07) is 0.609. The molecule has 118 valence electrons. The van der Waals surface area contributed by atoms with Gasteiger partial charge in [0.05, 0.1) is 0 Å². The van der Waals surface area contributed by atoms with Crippen molar-refractivity contribution in [2.45, 2.75) is 64.8 Å². The van der Waals surface area contributed by atoms with Crippen molar-refractivity contribution in [2.24, 2.45) is 10.9 Å². The van der Waals surface area contributed by atoms with Crippen LogP contribution in [0.1, 0.15) is 58.8 Å². The highest BCUT2D eigenvalue weighted by Crippen LogP contribution is 2.23. The van der Waals surface area contributed by atoms with Crippen LogP contribution in [0.25, 0.3) is 0 Å². The predicted molar refractivity (Wildman–Crippen MR) is 86.3 cm³/mol. The van der Waals surface area contributed by atoms with E-state index in [4.69, 9.17) is 4.74 Å². The number of ether oxygens (including phenoxy) is 1. The fourth-order valence-electron chi connectivity index (χ4n) is 2.64. The average Bonchev–Trinajstić information content (AvgIpc) is 2.45. The van der Waals surface area contributed by atoms with E-state index in [1.165, 1.54) is 32.1 Å². The molecule has 0 bridgehead atoms. The summed E-state index contributed by atoms with van der Waals surface area (Å²) in [5, 5.41) is 6.95. The summed E-state index contributed by atoms with van der Waals surface area (Å²) in [6.07, 6.45) is 8.71. The van der Waals surface area contributed by atoms with E-state index in [0.717, 1.165) is 44.4 Å². The first-order valence-electron chi connectivity index (χ1n) is 8.30. The monoisotopic (exact) mass is 283 g/mol. The first-order chi connectivity index (χ1) is 9.76. The molecular formula is C16H33N3O. The highest BCUT2D eigenvalue weighted by Gasteiger charge is 2.18. The quantitative estimate of drug-likeness (QED) is 0.409. The van der Waals surface area contributed by atoms with Crippen LogP contribution in [0.15, 0.2) is 4.99 Å². The van der Waals surface area contributed by atoms with Crippen LogP contribution in [-0.2, 0) is 4.74 Å². The van der Waals surface area contributed by atoms with Crippen LogP contribution in [0.4, 0.5) is 0 Å². The number of rotatable bonds is 8. The van der Waals surface area contributed by atoms with Gasteiger partial charge in [-0.3, -0.25) is 4.99 Å². The molecule has 1 aliphatic carbocycles. The number of nitrogens with zero attached hydrogens (tertiary/aromatic N) is 1. The van der Waals surface area contributed by atoms with Crippen LogP contribution in [-0.4, -0.2) is 38.8 Å². The molecule has 0 heterocycles. The topological polar surface area (TPSA) is 45.7 Å². The Kier molecular flexibility index (Phi) is 9.46. The van der Waals surface area contributed by atoms with E-state index in [2.05, 4.69) is 29.5 Å². The van der Waals surface area contributed by atoms with Gasteiger partial charge in [-0.2, -0.15) is 0 Å². The van der Waals surface area contributed by atoms with Gasteiger partial charge in [-0.15, -0.1) is 0 Å². The molecule has 0 aromatic carbocycles. The second kappa shape index (κ2) is 11.0. The molecule has 0 spiro atoms. The number of hydrogen-bond donors (Lipinski definition) is 2. The molecule has 1 saturated carbocycles. The molecule has 1 fully saturated rings. The largest absolute Gasteiger partial charge is 0.385 e. The van der Waals surface area contributed by atoms with E-state index in [-0.39, 0.29) is 0 Å². The molecular weight excluding hydrogens is 250 g/mol. The lowest BCUT2D eigenvalue weighted by Gasteiger charge is -2.28. The van der Waals surface area contributed by atoms with E-state index in [0.29, 0.717) is 6.04 Å². The lowest BCUT2D eigenvalue weighted by Crippen LogP contribution is -2.44. The first-order valence-corrected chi connectivity index (χ1v) is 8.30. The average molecular weight is 283 g/mol. The van der Waals surface area contributed by atoms with Gasteiger partial charge in [0.1, 0.15) is 0 Å². The standard InChI is InChI=1S/C16H33N3O/c1-4-17-16(18-12-6-5-7-13-20-3)19-15-10-8-14(2)9-11-15/h14-15H,4-13H2,1-3H3,(H2,17,18,19). The van der Waals surface area contributed by atoms with Crippen LogP contribution in [0.5, 0.6) is 0 Å². The molecule has 0 aliphatic heterocycles. The van der Waals surface area contributed by atoms with Gasteiger partial charge in [0, 0.05) is 32.8 Å². The number of nitrogens with one attached hydrogen (secondary N) is 2. The maximum atomic E-state index is 5.06. The van der Waals surface area contributed by atoms with E-state index >= 15 is 0 Å². The Morgan fingerprint density at radius 2 is 1.90 bits per heavy atom. The minimum atomic E-state index is 0.609. The van der Waals surface area contributed by atoms with Crippen molar-refractivity contribution in [2.75, 3.05) is 26.8 Å². The lowest BCUT2D eigenvalue weighted by atomic mass is 9.87. The summed E-state index contributed by atoms with van der Waals surface area (Å²) in [5.74, 6) is 1.90. The van der Waals surface area contributed by atoms with Crippen LogP contribution in [0, 0.1) is 5.92 Å². The molecule has 4 nitrogen and oxygen atoms in total. The molecule has 0 amide bonds. The molecule has 20 heavy (non-hydrogen) atoms. The third kappa shape index (κ3) is 7.73. The molecule has 0 unspecified atom stereocenters. The number of guanidine groups is 1. The smallest absolute Gasteiger partial charge is 0.191 e. The van der Waals surface area contributed by atoms with Gasteiger partial charge in [-0.25, -0.2) is 0 Å². The Hall–Kier alpha value is -0.770. The van der Waals surface area contributed by atoms with E-state index < -0.39 is 0 Å². The van der Waals surface area contributed by atoms with Gasteiger partial charge in [-0.05, 0) is 57.8 Å². The first kappa shape index (κ1) is 17.3. The van der Waals surface area contributed by atoms with Crippen molar-refractivity contribution in [1.82, 2.24) is 10.6 Å². The number of unbranched alkanes of at least 4 members (excludes halogenated alkanes) is 2. The fraction of sp³-hybridized carbons (Fsp3) is 0.938. The molecule has 4 heteroatoms. The molecule has 0 saturated heterocycles. The van der Waals surface area contributed by atoms with E-state index in [1.807, 2.05) is 0 Å². The predicted octanol–water partition coefficient (Wildman–Crippen LogP) is 2.94. The maximum Gasteiger partial charge on any atom is 0.191 e. The normalized spacial score (nSPS) is 23.6. The molecule has 0 atom stereocenters. The summed E-state index contributed by atoms with van der Waals surface area (Å²) in [5.41, 5.74) is 0. The highest BCUT2D eigenvalue weighted by atomic mass is 16.5.